The number of nitrogens with one attached hydrogen (secondary N) is 2. The minimum absolute atomic E-state index is 0.0252. The van der Waals surface area contributed by atoms with Crippen molar-refractivity contribution < 1.29 is 19.4 Å². The highest BCUT2D eigenvalue weighted by Gasteiger charge is 2.29. The Hall–Kier alpha value is -1.30. The first kappa shape index (κ1) is 15.8. The molecule has 6 heteroatoms. The topological polar surface area (TPSA) is 87.7 Å². The van der Waals surface area contributed by atoms with Gasteiger partial charge in [0.05, 0.1) is 0 Å². The fourth-order valence-corrected chi connectivity index (χ4v) is 2.11. The van der Waals surface area contributed by atoms with Gasteiger partial charge in [-0.3, -0.25) is 4.79 Å². The fraction of sp³-hybridized carbons (Fsp3) is 0.846. The van der Waals surface area contributed by atoms with Crippen molar-refractivity contribution in [3.8, 4) is 0 Å². The summed E-state index contributed by atoms with van der Waals surface area (Å²) in [6.07, 6.45) is 3.01. The molecule has 0 aromatic carbocycles. The molecule has 0 saturated carbocycles. The van der Waals surface area contributed by atoms with Crippen molar-refractivity contribution in [3.63, 3.8) is 0 Å². The quantitative estimate of drug-likeness (QED) is 0.683. The molecule has 1 aliphatic heterocycles. The van der Waals surface area contributed by atoms with Gasteiger partial charge in [0, 0.05) is 31.2 Å². The number of carboxylic acid groups (broad SMARTS) is 1. The van der Waals surface area contributed by atoms with Crippen molar-refractivity contribution in [2.45, 2.75) is 57.5 Å². The summed E-state index contributed by atoms with van der Waals surface area (Å²) in [5, 5.41) is 14.4. The van der Waals surface area contributed by atoms with Crippen LogP contribution in [0.2, 0.25) is 0 Å². The Labute approximate surface area is 113 Å². The van der Waals surface area contributed by atoms with E-state index in [2.05, 4.69) is 10.6 Å². The van der Waals surface area contributed by atoms with Gasteiger partial charge in [-0.25, -0.2) is 4.79 Å². The maximum atomic E-state index is 11.8. The van der Waals surface area contributed by atoms with Gasteiger partial charge >= 0.3 is 12.0 Å². The van der Waals surface area contributed by atoms with Crippen LogP contribution >= 0.6 is 0 Å². The largest absolute Gasteiger partial charge is 0.481 e. The number of hydrogen-bond donors (Lipinski definition) is 3. The second-order valence-electron chi connectivity index (χ2n) is 5.46. The van der Waals surface area contributed by atoms with Gasteiger partial charge in [-0.15, -0.1) is 0 Å². The molecular formula is C13H24N2O4. The van der Waals surface area contributed by atoms with Gasteiger partial charge in [-0.05, 0) is 39.5 Å². The molecule has 0 aromatic rings. The predicted molar refractivity (Wildman–Crippen MR) is 71.1 cm³/mol. The molecule has 1 atom stereocenters. The first-order valence-electron chi connectivity index (χ1n) is 6.79. The first-order chi connectivity index (χ1) is 8.91. The zero-order valence-electron chi connectivity index (χ0n) is 11.7. The predicted octanol–water partition coefficient (Wildman–Crippen LogP) is 1.50. The number of amides is 2. The van der Waals surface area contributed by atoms with Crippen LogP contribution in [0.5, 0.6) is 0 Å². The lowest BCUT2D eigenvalue weighted by atomic mass is 9.93. The van der Waals surface area contributed by atoms with Gasteiger partial charge in [0.2, 0.25) is 0 Å². The smallest absolute Gasteiger partial charge is 0.315 e. The molecule has 1 rings (SSSR count). The van der Waals surface area contributed by atoms with E-state index in [1.807, 2.05) is 13.8 Å². The second-order valence-corrected chi connectivity index (χ2v) is 5.46. The monoisotopic (exact) mass is 272 g/mol. The molecule has 0 radical (unpaired) electrons. The normalized spacial score (nSPS) is 19.5. The maximum Gasteiger partial charge on any atom is 0.315 e. The van der Waals surface area contributed by atoms with Gasteiger partial charge in [0.1, 0.15) is 0 Å². The lowest BCUT2D eigenvalue weighted by Gasteiger charge is -2.34. The number of aliphatic carboxylic acids is 1. The van der Waals surface area contributed by atoms with Crippen molar-refractivity contribution in [2.75, 3.05) is 13.2 Å². The molecule has 0 spiro atoms. The summed E-state index contributed by atoms with van der Waals surface area (Å²) in [6, 6.07) is -0.213. The molecule has 1 saturated heterocycles. The Morgan fingerprint density at radius 1 is 1.37 bits per heavy atom. The van der Waals surface area contributed by atoms with Crippen LogP contribution in [0, 0.1) is 0 Å². The average molecular weight is 272 g/mol. The Kier molecular flexibility index (Phi) is 6.08. The van der Waals surface area contributed by atoms with Crippen LogP contribution in [0.4, 0.5) is 4.79 Å². The Morgan fingerprint density at radius 3 is 2.58 bits per heavy atom. The Bertz CT molecular complexity index is 314. The van der Waals surface area contributed by atoms with Gasteiger partial charge in [-0.2, -0.15) is 0 Å². The molecule has 1 unspecified atom stereocenters. The van der Waals surface area contributed by atoms with Crippen LogP contribution in [-0.4, -0.2) is 41.9 Å². The van der Waals surface area contributed by atoms with E-state index in [4.69, 9.17) is 9.84 Å². The molecule has 0 bridgehead atoms. The van der Waals surface area contributed by atoms with E-state index in [0.29, 0.717) is 26.1 Å². The Balaban J connectivity index is 2.24. The van der Waals surface area contributed by atoms with Crippen LogP contribution in [0.25, 0.3) is 0 Å². The molecule has 2 amide bonds. The molecule has 0 aromatic heterocycles. The molecule has 0 aliphatic carbocycles. The summed E-state index contributed by atoms with van der Waals surface area (Å²) in [5.41, 5.74) is -0.205. The summed E-state index contributed by atoms with van der Waals surface area (Å²) < 4.78 is 5.28. The van der Waals surface area contributed by atoms with E-state index in [1.165, 1.54) is 0 Å². The SMILES string of the molecule is CC(CCCC(=O)O)NC(=O)NC1(C)CCOCC1. The van der Waals surface area contributed by atoms with Crippen LogP contribution in [0.1, 0.15) is 46.0 Å². The molecule has 110 valence electrons. The van der Waals surface area contributed by atoms with Gasteiger partial charge in [0.25, 0.3) is 0 Å². The summed E-state index contributed by atoms with van der Waals surface area (Å²) in [6.45, 7) is 5.24. The summed E-state index contributed by atoms with van der Waals surface area (Å²) in [7, 11) is 0. The molecule has 6 nitrogen and oxygen atoms in total. The number of carbonyl (C=O) groups excluding carboxylic acids is 1. The number of carbonyl (C=O) groups is 2. The van der Waals surface area contributed by atoms with Crippen molar-refractivity contribution in [1.82, 2.24) is 10.6 Å². The van der Waals surface area contributed by atoms with E-state index in [0.717, 1.165) is 12.8 Å². The lowest BCUT2D eigenvalue weighted by molar-refractivity contribution is -0.137. The zero-order valence-corrected chi connectivity index (χ0v) is 11.7. The number of hydrogen-bond acceptors (Lipinski definition) is 3. The maximum absolute atomic E-state index is 11.8. The minimum atomic E-state index is -0.800. The highest BCUT2D eigenvalue weighted by molar-refractivity contribution is 5.75. The molecule has 1 fully saturated rings. The Morgan fingerprint density at radius 2 is 2.00 bits per heavy atom. The van der Waals surface area contributed by atoms with Crippen LogP contribution in [-0.2, 0) is 9.53 Å². The minimum Gasteiger partial charge on any atom is -0.481 e. The highest BCUT2D eigenvalue weighted by Crippen LogP contribution is 2.19. The number of urea groups is 1. The van der Waals surface area contributed by atoms with Gasteiger partial charge < -0.3 is 20.5 Å². The van der Waals surface area contributed by atoms with E-state index >= 15 is 0 Å². The van der Waals surface area contributed by atoms with E-state index < -0.39 is 5.97 Å². The summed E-state index contributed by atoms with van der Waals surface area (Å²) >= 11 is 0. The number of rotatable bonds is 6. The van der Waals surface area contributed by atoms with Gasteiger partial charge in [-0.1, -0.05) is 0 Å². The summed E-state index contributed by atoms with van der Waals surface area (Å²) in [4.78, 5) is 22.2. The highest BCUT2D eigenvalue weighted by atomic mass is 16.5. The fourth-order valence-electron chi connectivity index (χ4n) is 2.11. The third-order valence-corrected chi connectivity index (χ3v) is 3.42. The second kappa shape index (κ2) is 7.33. The first-order valence-corrected chi connectivity index (χ1v) is 6.79. The van der Waals surface area contributed by atoms with Crippen molar-refractivity contribution in [3.05, 3.63) is 0 Å². The third-order valence-electron chi connectivity index (χ3n) is 3.42. The number of ether oxygens (including phenoxy) is 1. The van der Waals surface area contributed by atoms with E-state index in [-0.39, 0.29) is 24.0 Å². The van der Waals surface area contributed by atoms with Crippen molar-refractivity contribution >= 4 is 12.0 Å². The number of carboxylic acids is 1. The van der Waals surface area contributed by atoms with Crippen molar-refractivity contribution in [1.29, 1.82) is 0 Å². The lowest BCUT2D eigenvalue weighted by Crippen LogP contribution is -2.54. The molecule has 3 N–H and O–H groups in total. The molecule has 1 heterocycles. The molecular weight excluding hydrogens is 248 g/mol. The molecule has 19 heavy (non-hydrogen) atoms. The van der Waals surface area contributed by atoms with Gasteiger partial charge in [0.15, 0.2) is 0 Å². The van der Waals surface area contributed by atoms with Crippen LogP contribution < -0.4 is 10.6 Å². The molecule has 1 aliphatic rings. The van der Waals surface area contributed by atoms with Crippen LogP contribution in [0.3, 0.4) is 0 Å². The summed E-state index contributed by atoms with van der Waals surface area (Å²) in [5.74, 6) is -0.800. The van der Waals surface area contributed by atoms with Crippen molar-refractivity contribution in [2.24, 2.45) is 0 Å². The third kappa shape index (κ3) is 6.42. The average Bonchev–Trinajstić information content (AvgIpc) is 2.28. The van der Waals surface area contributed by atoms with E-state index in [1.54, 1.807) is 0 Å². The van der Waals surface area contributed by atoms with E-state index in [9.17, 15) is 9.59 Å². The standard InChI is InChI=1S/C13H24N2O4/c1-10(4-3-5-11(16)17)14-12(18)15-13(2)6-8-19-9-7-13/h10H,3-9H2,1-2H3,(H,16,17)(H2,14,15,18). The van der Waals surface area contributed by atoms with Crippen LogP contribution in [0.15, 0.2) is 0 Å². The zero-order chi connectivity index (χ0) is 14.3.